The summed E-state index contributed by atoms with van der Waals surface area (Å²) < 4.78 is 33.7. The molecular weight excluding hydrogens is 685 g/mol. The average molecular weight is 729 g/mol. The van der Waals surface area contributed by atoms with Gasteiger partial charge in [0.25, 0.3) is 5.91 Å². The lowest BCUT2D eigenvalue weighted by atomic mass is 9.88. The van der Waals surface area contributed by atoms with Crippen LogP contribution in [0.3, 0.4) is 0 Å². The minimum absolute atomic E-state index is 0.0275. The summed E-state index contributed by atoms with van der Waals surface area (Å²) in [5, 5.41) is 15.7. The van der Waals surface area contributed by atoms with Crippen LogP contribution < -0.4 is 20.1 Å². The second-order valence-corrected chi connectivity index (χ2v) is 18.0. The first-order valence-corrected chi connectivity index (χ1v) is 19.3. The van der Waals surface area contributed by atoms with Crippen molar-refractivity contribution in [1.82, 2.24) is 30.2 Å². The molecule has 7 atom stereocenters. The zero-order chi connectivity index (χ0) is 36.0. The van der Waals surface area contributed by atoms with E-state index in [0.717, 1.165) is 11.3 Å². The number of rotatable bonds is 7. The lowest BCUT2D eigenvalue weighted by molar-refractivity contribution is -0.142. The van der Waals surface area contributed by atoms with E-state index in [1.54, 1.807) is 31.5 Å². The van der Waals surface area contributed by atoms with Crippen molar-refractivity contribution in [2.75, 3.05) is 6.54 Å². The molecule has 0 unspecified atom stereocenters. The topological polar surface area (TPSA) is 197 Å². The van der Waals surface area contributed by atoms with Crippen molar-refractivity contribution in [3.05, 3.63) is 41.6 Å². The number of sulfonamides is 1. The molecule has 0 spiro atoms. The molecule has 4 amide bonds. The van der Waals surface area contributed by atoms with E-state index >= 15 is 0 Å². The Morgan fingerprint density at radius 1 is 1.18 bits per heavy atom. The number of nitrogens with one attached hydrogen (secondary N) is 3. The number of amides is 4. The number of allylic oxidation sites excluding steroid dienone is 1. The van der Waals surface area contributed by atoms with E-state index in [-0.39, 0.29) is 25.3 Å². The zero-order valence-corrected chi connectivity index (χ0v) is 30.2. The Labute approximate surface area is 295 Å². The minimum atomic E-state index is -3.99. The standard InChI is InChI=1S/C34H44N6O8S2/c1-19-7-5-6-8-22-16-34(22,31(43)39-50(46,47)33(4)10-11-33)38-28(41)26-15-24(18-40(26)30(42)27(20(2)13-19)37-32(44)45)48-23-9-12-35-25(14-23)29-36-17-21(3)49-29/h6,8-9,12,14,17,19-20,22,24,26-27,37H,5,7,10-11,13,15-16,18H2,1-4H3,(H,38,41)(H,39,43)(H,44,45)/t19-,20-,22-,24-,26+,27+,34-/m1/s1. The van der Waals surface area contributed by atoms with Crippen molar-refractivity contribution < 1.29 is 37.4 Å². The predicted octanol–water partition coefficient (Wildman–Crippen LogP) is 3.38. The van der Waals surface area contributed by atoms with Gasteiger partial charge in [0.2, 0.25) is 21.8 Å². The number of carbonyl (C=O) groups excluding carboxylic acids is 3. The van der Waals surface area contributed by atoms with Crippen molar-refractivity contribution in [3.8, 4) is 16.5 Å². The smallest absolute Gasteiger partial charge is 0.405 e. The molecule has 0 radical (unpaired) electrons. The highest BCUT2D eigenvalue weighted by molar-refractivity contribution is 7.91. The molecule has 4 aliphatic rings. The van der Waals surface area contributed by atoms with E-state index in [1.807, 2.05) is 32.9 Å². The second kappa shape index (κ2) is 13.6. The third-order valence-electron chi connectivity index (χ3n) is 10.4. The normalized spacial score (nSPS) is 30.9. The van der Waals surface area contributed by atoms with E-state index in [1.165, 1.54) is 16.2 Å². The molecule has 3 fully saturated rings. The SMILES string of the molecule is Cc1cnc(-c2cc(O[C@@H]3C[C@H]4C(=O)N[C@]5(C(=O)NS(=O)(=O)C6(C)CC6)C[C@H]5C=CCC[C@@H](C)C[C@@H](C)[C@H](NC(=O)O)C(=O)N4C3)ccn2)s1. The number of aryl methyl sites for hydroxylation is 1. The number of hydrogen-bond donors (Lipinski definition) is 4. The van der Waals surface area contributed by atoms with Crippen LogP contribution in [0.4, 0.5) is 4.79 Å². The van der Waals surface area contributed by atoms with Gasteiger partial charge in [-0.25, -0.2) is 18.2 Å². The average Bonchev–Trinajstić information content (AvgIpc) is 3.85. The van der Waals surface area contributed by atoms with Crippen LogP contribution in [0.2, 0.25) is 0 Å². The third-order valence-corrected chi connectivity index (χ3v) is 13.5. The number of fused-ring (bicyclic) bond motifs is 2. The Morgan fingerprint density at radius 3 is 2.62 bits per heavy atom. The van der Waals surface area contributed by atoms with Gasteiger partial charge in [-0.15, -0.1) is 11.3 Å². The highest BCUT2D eigenvalue weighted by atomic mass is 32.2. The minimum Gasteiger partial charge on any atom is -0.488 e. The molecular formula is C34H44N6O8S2. The van der Waals surface area contributed by atoms with Gasteiger partial charge in [0.1, 0.15) is 40.2 Å². The highest BCUT2D eigenvalue weighted by Crippen LogP contribution is 2.47. The van der Waals surface area contributed by atoms with E-state index in [4.69, 9.17) is 4.74 Å². The summed E-state index contributed by atoms with van der Waals surface area (Å²) in [7, 11) is -3.99. The van der Waals surface area contributed by atoms with Crippen molar-refractivity contribution in [2.45, 2.75) is 101 Å². The summed E-state index contributed by atoms with van der Waals surface area (Å²) in [5.74, 6) is -2.29. The Morgan fingerprint density at radius 2 is 1.94 bits per heavy atom. The van der Waals surface area contributed by atoms with Crippen LogP contribution in [0, 0.1) is 24.7 Å². The molecule has 2 aromatic heterocycles. The highest BCUT2D eigenvalue weighted by Gasteiger charge is 2.63. The lowest BCUT2D eigenvalue weighted by Gasteiger charge is -2.32. The van der Waals surface area contributed by atoms with E-state index in [9.17, 15) is 32.7 Å². The third kappa shape index (κ3) is 7.36. The molecule has 2 saturated carbocycles. The number of hydrogen-bond acceptors (Lipinski definition) is 10. The molecule has 2 aliphatic heterocycles. The van der Waals surface area contributed by atoms with Gasteiger partial charge in [0, 0.05) is 35.7 Å². The summed E-state index contributed by atoms with van der Waals surface area (Å²) >= 11 is 1.48. The van der Waals surface area contributed by atoms with Gasteiger partial charge in [-0.3, -0.25) is 24.1 Å². The molecule has 0 bridgehead atoms. The van der Waals surface area contributed by atoms with Gasteiger partial charge in [-0.1, -0.05) is 26.0 Å². The van der Waals surface area contributed by atoms with Crippen LogP contribution in [0.25, 0.3) is 10.7 Å². The Hall–Kier alpha value is -4.05. The molecule has 1 saturated heterocycles. The molecule has 14 nitrogen and oxygen atoms in total. The number of carbonyl (C=O) groups is 4. The molecule has 16 heteroatoms. The van der Waals surface area contributed by atoms with E-state index < -0.39 is 74.1 Å². The van der Waals surface area contributed by atoms with Gasteiger partial charge in [-0.05, 0) is 70.3 Å². The van der Waals surface area contributed by atoms with E-state index in [2.05, 4.69) is 25.3 Å². The maximum absolute atomic E-state index is 14.3. The van der Waals surface area contributed by atoms with E-state index in [0.29, 0.717) is 42.1 Å². The van der Waals surface area contributed by atoms with Crippen molar-refractivity contribution >= 4 is 45.2 Å². The largest absolute Gasteiger partial charge is 0.488 e. The van der Waals surface area contributed by atoms with Crippen LogP contribution in [0.5, 0.6) is 5.75 Å². The molecule has 2 aromatic rings. The van der Waals surface area contributed by atoms with Gasteiger partial charge < -0.3 is 25.4 Å². The fraction of sp³-hybridized carbons (Fsp3) is 0.588. The number of nitrogens with zero attached hydrogens (tertiary/aromatic N) is 3. The van der Waals surface area contributed by atoms with Crippen LogP contribution in [0.1, 0.15) is 70.6 Å². The van der Waals surface area contributed by atoms with Gasteiger partial charge in [0.15, 0.2) is 0 Å². The summed E-state index contributed by atoms with van der Waals surface area (Å²) in [5.41, 5.74) is -0.921. The van der Waals surface area contributed by atoms with Gasteiger partial charge >= 0.3 is 6.09 Å². The van der Waals surface area contributed by atoms with Crippen molar-refractivity contribution in [3.63, 3.8) is 0 Å². The van der Waals surface area contributed by atoms with Gasteiger partial charge in [0.05, 0.1) is 11.3 Å². The summed E-state index contributed by atoms with van der Waals surface area (Å²) in [6.45, 7) is 7.34. The number of pyridine rings is 1. The lowest BCUT2D eigenvalue weighted by Crippen LogP contribution is -2.59. The zero-order valence-electron chi connectivity index (χ0n) is 28.5. The summed E-state index contributed by atoms with van der Waals surface area (Å²) in [6, 6.07) is 1.13. The Balaban J connectivity index is 1.31. The van der Waals surface area contributed by atoms with Crippen LogP contribution in [-0.4, -0.2) is 87.2 Å². The van der Waals surface area contributed by atoms with Crippen LogP contribution >= 0.6 is 11.3 Å². The number of ether oxygens (including phenoxy) is 1. The monoisotopic (exact) mass is 728 g/mol. The Bertz CT molecular complexity index is 1810. The van der Waals surface area contributed by atoms with Crippen molar-refractivity contribution in [2.24, 2.45) is 17.8 Å². The predicted molar refractivity (Wildman–Crippen MR) is 185 cm³/mol. The summed E-state index contributed by atoms with van der Waals surface area (Å²) in [6.07, 6.45) is 8.16. The maximum Gasteiger partial charge on any atom is 0.405 e. The second-order valence-electron chi connectivity index (χ2n) is 14.5. The first-order valence-electron chi connectivity index (χ1n) is 17.0. The first-order chi connectivity index (χ1) is 23.6. The van der Waals surface area contributed by atoms with Crippen LogP contribution in [0.15, 0.2) is 36.7 Å². The Kier molecular flexibility index (Phi) is 9.72. The summed E-state index contributed by atoms with van der Waals surface area (Å²) in [4.78, 5) is 65.3. The quantitative estimate of drug-likeness (QED) is 0.307. The molecule has 4 heterocycles. The van der Waals surface area contributed by atoms with Crippen molar-refractivity contribution in [1.29, 1.82) is 0 Å². The fourth-order valence-electron chi connectivity index (χ4n) is 7.00. The first kappa shape index (κ1) is 35.8. The number of thiazole rings is 1. The fourth-order valence-corrected chi connectivity index (χ4v) is 9.04. The molecule has 4 N–H and O–H groups in total. The molecule has 50 heavy (non-hydrogen) atoms. The molecule has 2 aliphatic carbocycles. The molecule has 6 rings (SSSR count). The maximum atomic E-state index is 14.3. The number of carboxylic acid groups (broad SMARTS) is 1. The van der Waals surface area contributed by atoms with Gasteiger partial charge in [-0.2, -0.15) is 0 Å². The number of aromatic nitrogens is 2. The molecule has 0 aromatic carbocycles. The van der Waals surface area contributed by atoms with Crippen LogP contribution in [-0.2, 0) is 24.4 Å². The molecule has 270 valence electrons.